The Labute approximate surface area is 141 Å². The maximum atomic E-state index is 6.46. The second-order valence-corrected chi connectivity index (χ2v) is 8.48. The van der Waals surface area contributed by atoms with Gasteiger partial charge in [-0.05, 0) is 11.1 Å². The fourth-order valence-corrected chi connectivity index (χ4v) is 4.66. The van der Waals surface area contributed by atoms with Crippen molar-refractivity contribution >= 4 is 45.2 Å². The van der Waals surface area contributed by atoms with Crippen LogP contribution in [0.2, 0.25) is 0 Å². The summed E-state index contributed by atoms with van der Waals surface area (Å²) in [4.78, 5) is 0. The van der Waals surface area contributed by atoms with E-state index in [2.05, 4.69) is 45.2 Å². The van der Waals surface area contributed by atoms with E-state index in [1.807, 2.05) is 60.7 Å². The van der Waals surface area contributed by atoms with Gasteiger partial charge in [-0.25, -0.2) is 0 Å². The van der Waals surface area contributed by atoms with E-state index in [4.69, 9.17) is 11.5 Å². The van der Waals surface area contributed by atoms with E-state index in [0.717, 1.165) is 11.1 Å². The average molecular weight is 478 g/mol. The summed E-state index contributed by atoms with van der Waals surface area (Å²) >= 11 is 4.57. The molecule has 0 heterocycles. The quantitative estimate of drug-likeness (QED) is 0.399. The summed E-state index contributed by atoms with van der Waals surface area (Å²) in [5.74, 6) is 0. The second-order valence-electron chi connectivity index (χ2n) is 4.63. The van der Waals surface area contributed by atoms with Crippen molar-refractivity contribution in [3.63, 3.8) is 0 Å². The van der Waals surface area contributed by atoms with Crippen LogP contribution in [0, 0.1) is 0 Å². The molecule has 0 amide bonds. The zero-order valence-corrected chi connectivity index (χ0v) is 14.7. The summed E-state index contributed by atoms with van der Waals surface area (Å²) < 4.78 is -0.963. The van der Waals surface area contributed by atoms with Crippen LogP contribution >= 0.6 is 45.2 Å². The minimum absolute atomic E-state index is 0.481. The van der Waals surface area contributed by atoms with Crippen molar-refractivity contribution in [2.45, 2.75) is 13.5 Å². The number of hydrogen-bond donors (Lipinski definition) is 2. The van der Waals surface area contributed by atoms with E-state index >= 15 is 0 Å². The number of alkyl halides is 2. The molecule has 2 aromatic rings. The van der Waals surface area contributed by atoms with E-state index in [0.29, 0.717) is 6.42 Å². The molecule has 19 heavy (non-hydrogen) atoms. The predicted molar refractivity (Wildman–Crippen MR) is 97.3 cm³/mol. The molecule has 100 valence electrons. The molecule has 0 spiro atoms. The Morgan fingerprint density at radius 3 is 1.32 bits per heavy atom. The number of hydrogen-bond acceptors (Lipinski definition) is 2. The zero-order valence-electron chi connectivity index (χ0n) is 10.4. The molecule has 0 aliphatic heterocycles. The maximum absolute atomic E-state index is 6.46. The molecule has 0 fully saturated rings. The molecule has 0 saturated carbocycles. The van der Waals surface area contributed by atoms with Crippen LogP contribution in [0.25, 0.3) is 0 Å². The SMILES string of the molecule is NC(I)(CC(N)(I)c1ccccc1)c1ccccc1. The number of rotatable bonds is 4. The highest BCUT2D eigenvalue weighted by molar-refractivity contribution is 14.1. The Balaban J connectivity index is 2.25. The van der Waals surface area contributed by atoms with Gasteiger partial charge in [-0.1, -0.05) is 106 Å². The molecule has 0 aliphatic carbocycles. The van der Waals surface area contributed by atoms with Crippen LogP contribution in [0.15, 0.2) is 60.7 Å². The van der Waals surface area contributed by atoms with Gasteiger partial charge in [0.25, 0.3) is 0 Å². The molecule has 4 N–H and O–H groups in total. The summed E-state index contributed by atoms with van der Waals surface area (Å²) in [5.41, 5.74) is 15.1. The summed E-state index contributed by atoms with van der Waals surface area (Å²) in [7, 11) is 0. The molecule has 2 aromatic carbocycles. The number of halogens is 2. The van der Waals surface area contributed by atoms with Gasteiger partial charge in [0.1, 0.15) is 0 Å². The van der Waals surface area contributed by atoms with Gasteiger partial charge in [0, 0.05) is 6.42 Å². The molecule has 0 aliphatic rings. The number of benzene rings is 2. The highest BCUT2D eigenvalue weighted by Crippen LogP contribution is 2.41. The highest BCUT2D eigenvalue weighted by atomic mass is 127. The molecule has 2 nitrogen and oxygen atoms in total. The van der Waals surface area contributed by atoms with E-state index in [1.165, 1.54) is 0 Å². The summed E-state index contributed by atoms with van der Waals surface area (Å²) in [6, 6.07) is 20.2. The van der Waals surface area contributed by atoms with Gasteiger partial charge in [-0.2, -0.15) is 0 Å². The van der Waals surface area contributed by atoms with Crippen molar-refractivity contribution in [2.75, 3.05) is 0 Å². The summed E-state index contributed by atoms with van der Waals surface area (Å²) in [5, 5.41) is 0. The predicted octanol–water partition coefficient (Wildman–Crippen LogP) is 3.87. The molecule has 0 saturated heterocycles. The molecule has 0 bridgehead atoms. The highest BCUT2D eigenvalue weighted by Gasteiger charge is 2.35. The Morgan fingerprint density at radius 2 is 1.00 bits per heavy atom. The number of nitrogens with two attached hydrogens (primary N) is 2. The lowest BCUT2D eigenvalue weighted by molar-refractivity contribution is 0.518. The third-order valence-corrected chi connectivity index (χ3v) is 5.03. The summed E-state index contributed by atoms with van der Waals surface area (Å²) in [6.07, 6.45) is 0.662. The van der Waals surface area contributed by atoms with E-state index in [-0.39, 0.29) is 0 Å². The molecule has 4 heteroatoms. The standard InChI is InChI=1S/C15H16I2N2/c16-14(18,12-7-3-1-4-8-12)11-15(17,19)13-9-5-2-6-10-13/h1-10H,11,18-19H2. The van der Waals surface area contributed by atoms with E-state index in [1.54, 1.807) is 0 Å². The normalized spacial score (nSPS) is 17.5. The zero-order chi connectivity index (χ0) is 13.9. The monoisotopic (exact) mass is 478 g/mol. The first-order chi connectivity index (χ1) is 8.92. The topological polar surface area (TPSA) is 52.0 Å². The Bertz CT molecular complexity index is 475. The van der Waals surface area contributed by atoms with Crippen LogP contribution in [-0.4, -0.2) is 0 Å². The van der Waals surface area contributed by atoms with Gasteiger partial charge in [-0.15, -0.1) is 0 Å². The molecule has 0 radical (unpaired) electrons. The van der Waals surface area contributed by atoms with Crippen molar-refractivity contribution in [1.29, 1.82) is 0 Å². The van der Waals surface area contributed by atoms with Crippen LogP contribution in [0.5, 0.6) is 0 Å². The third-order valence-electron chi connectivity index (χ3n) is 3.02. The Morgan fingerprint density at radius 1 is 0.684 bits per heavy atom. The third kappa shape index (κ3) is 3.90. The lowest BCUT2D eigenvalue weighted by Crippen LogP contribution is -2.41. The fraction of sp³-hybridized carbons (Fsp3) is 0.200. The minimum atomic E-state index is -0.481. The average Bonchev–Trinajstić information content (AvgIpc) is 2.40. The van der Waals surface area contributed by atoms with Crippen molar-refractivity contribution in [1.82, 2.24) is 0 Å². The largest absolute Gasteiger partial charge is 0.313 e. The van der Waals surface area contributed by atoms with Gasteiger partial charge in [0.15, 0.2) is 0 Å². The van der Waals surface area contributed by atoms with Crippen molar-refractivity contribution in [2.24, 2.45) is 11.5 Å². The van der Waals surface area contributed by atoms with Crippen molar-refractivity contribution in [3.8, 4) is 0 Å². The fourth-order valence-electron chi connectivity index (χ4n) is 2.01. The van der Waals surface area contributed by atoms with Crippen LogP contribution < -0.4 is 11.5 Å². The van der Waals surface area contributed by atoms with E-state index < -0.39 is 7.09 Å². The first-order valence-electron chi connectivity index (χ1n) is 5.98. The molecular weight excluding hydrogens is 462 g/mol. The van der Waals surface area contributed by atoms with Crippen LogP contribution in [0.3, 0.4) is 0 Å². The minimum Gasteiger partial charge on any atom is -0.313 e. The lowest BCUT2D eigenvalue weighted by atomic mass is 9.96. The van der Waals surface area contributed by atoms with Crippen molar-refractivity contribution in [3.05, 3.63) is 71.8 Å². The Hall–Kier alpha value is -0.180. The first kappa shape index (κ1) is 15.2. The van der Waals surface area contributed by atoms with Gasteiger partial charge in [0.2, 0.25) is 0 Å². The van der Waals surface area contributed by atoms with Crippen LogP contribution in [0.4, 0.5) is 0 Å². The first-order valence-corrected chi connectivity index (χ1v) is 8.14. The molecule has 2 rings (SSSR count). The Kier molecular flexibility index (Phi) is 4.86. The lowest BCUT2D eigenvalue weighted by Gasteiger charge is -2.32. The van der Waals surface area contributed by atoms with Crippen LogP contribution in [-0.2, 0) is 7.09 Å². The molecule has 2 atom stereocenters. The second kappa shape index (κ2) is 6.07. The smallest absolute Gasteiger partial charge is 0.0963 e. The molecule has 0 aromatic heterocycles. The summed E-state index contributed by atoms with van der Waals surface area (Å²) in [6.45, 7) is 0. The van der Waals surface area contributed by atoms with E-state index in [9.17, 15) is 0 Å². The van der Waals surface area contributed by atoms with Gasteiger partial charge in [0.05, 0.1) is 7.09 Å². The molecule has 2 unspecified atom stereocenters. The maximum Gasteiger partial charge on any atom is 0.0963 e. The van der Waals surface area contributed by atoms with Gasteiger partial charge in [-0.3, -0.25) is 0 Å². The van der Waals surface area contributed by atoms with Gasteiger partial charge >= 0.3 is 0 Å². The molecular formula is C15H16I2N2. The van der Waals surface area contributed by atoms with Gasteiger partial charge < -0.3 is 11.5 Å². The van der Waals surface area contributed by atoms with Crippen LogP contribution in [0.1, 0.15) is 17.5 Å². The van der Waals surface area contributed by atoms with Crippen molar-refractivity contribution < 1.29 is 0 Å².